The molecule has 1 amide bonds. The summed E-state index contributed by atoms with van der Waals surface area (Å²) in [5, 5.41) is 0.597. The average Bonchev–Trinajstić information content (AvgIpc) is 3.25. The summed E-state index contributed by atoms with van der Waals surface area (Å²) in [6.45, 7) is 4.79. The van der Waals surface area contributed by atoms with Crippen molar-refractivity contribution in [2.45, 2.75) is 43.2 Å². The lowest BCUT2D eigenvalue weighted by molar-refractivity contribution is -0.116. The summed E-state index contributed by atoms with van der Waals surface area (Å²) in [4.78, 5) is 34.1. The number of benzene rings is 2. The first-order valence-electron chi connectivity index (χ1n) is 10.9. The number of hydrogen-bond acceptors (Lipinski definition) is 5. The molecule has 0 saturated carbocycles. The van der Waals surface area contributed by atoms with Crippen molar-refractivity contribution in [2.75, 3.05) is 23.0 Å². The minimum Gasteiger partial charge on any atom is -0.311 e. The number of thioether (sulfide) groups is 2. The summed E-state index contributed by atoms with van der Waals surface area (Å²) < 4.78 is 1.69. The number of rotatable bonds is 4. The van der Waals surface area contributed by atoms with Crippen molar-refractivity contribution < 1.29 is 4.79 Å². The molecule has 0 bridgehead atoms. The highest BCUT2D eigenvalue weighted by atomic mass is 32.2. The van der Waals surface area contributed by atoms with Gasteiger partial charge in [0, 0.05) is 24.4 Å². The van der Waals surface area contributed by atoms with Gasteiger partial charge in [-0.1, -0.05) is 36.0 Å². The fourth-order valence-corrected chi connectivity index (χ4v) is 6.42. The topological polar surface area (TPSA) is 55.2 Å². The quantitative estimate of drug-likeness (QED) is 0.419. The lowest BCUT2D eigenvalue weighted by Crippen LogP contribution is -2.36. The van der Waals surface area contributed by atoms with Crippen LogP contribution in [0.1, 0.15) is 28.8 Å². The Morgan fingerprint density at radius 2 is 1.91 bits per heavy atom. The Hall–Kier alpha value is -2.51. The molecule has 3 aromatic rings. The summed E-state index contributed by atoms with van der Waals surface area (Å²) >= 11 is 2.94. The van der Waals surface area contributed by atoms with Crippen LogP contribution >= 0.6 is 23.5 Å². The highest BCUT2D eigenvalue weighted by Gasteiger charge is 2.25. The number of amides is 1. The predicted octanol–water partition coefficient (Wildman–Crippen LogP) is 4.57. The summed E-state index contributed by atoms with van der Waals surface area (Å²) in [6.07, 6.45) is 2.77. The van der Waals surface area contributed by atoms with Crippen LogP contribution in [0, 0.1) is 13.8 Å². The molecule has 0 fully saturated rings. The van der Waals surface area contributed by atoms with Gasteiger partial charge in [0.25, 0.3) is 5.56 Å². The Bertz CT molecular complexity index is 1250. The number of aromatic nitrogens is 2. The highest BCUT2D eigenvalue weighted by Crippen LogP contribution is 2.31. The van der Waals surface area contributed by atoms with Gasteiger partial charge in [-0.3, -0.25) is 14.2 Å². The van der Waals surface area contributed by atoms with E-state index in [1.165, 1.54) is 17.3 Å². The average molecular weight is 464 g/mol. The first-order valence-corrected chi connectivity index (χ1v) is 12.9. The van der Waals surface area contributed by atoms with Crippen LogP contribution in [-0.2, 0) is 17.6 Å². The van der Waals surface area contributed by atoms with Crippen molar-refractivity contribution in [3.8, 4) is 5.69 Å². The Morgan fingerprint density at radius 1 is 1.12 bits per heavy atom. The Morgan fingerprint density at radius 3 is 2.72 bits per heavy atom. The van der Waals surface area contributed by atoms with Crippen LogP contribution in [0.2, 0.25) is 0 Å². The number of para-hydroxylation sites is 1. The molecule has 164 valence electrons. The first kappa shape index (κ1) is 21.3. The number of nitrogens with zero attached hydrogens (tertiary/aromatic N) is 3. The van der Waals surface area contributed by atoms with Crippen molar-refractivity contribution in [3.05, 3.63) is 75.2 Å². The lowest BCUT2D eigenvalue weighted by Gasteiger charge is -2.29. The summed E-state index contributed by atoms with van der Waals surface area (Å²) in [5.74, 6) is 1.18. The molecule has 0 radical (unpaired) electrons. The van der Waals surface area contributed by atoms with Gasteiger partial charge in [0.1, 0.15) is 0 Å². The second kappa shape index (κ2) is 8.79. The van der Waals surface area contributed by atoms with Gasteiger partial charge >= 0.3 is 0 Å². The zero-order valence-corrected chi connectivity index (χ0v) is 19.9. The van der Waals surface area contributed by atoms with Crippen molar-refractivity contribution in [2.24, 2.45) is 0 Å². The Balaban J connectivity index is 1.48. The third kappa shape index (κ3) is 3.99. The van der Waals surface area contributed by atoms with Gasteiger partial charge < -0.3 is 4.90 Å². The minimum absolute atomic E-state index is 0.0271. The van der Waals surface area contributed by atoms with E-state index in [1.807, 2.05) is 49.1 Å². The molecule has 1 aromatic heterocycles. The van der Waals surface area contributed by atoms with Gasteiger partial charge in [0.05, 0.1) is 22.0 Å². The molecule has 3 heterocycles. The molecule has 32 heavy (non-hydrogen) atoms. The van der Waals surface area contributed by atoms with Gasteiger partial charge in [-0.05, 0) is 61.6 Å². The first-order chi connectivity index (χ1) is 15.5. The molecular weight excluding hydrogens is 438 g/mol. The van der Waals surface area contributed by atoms with E-state index >= 15 is 0 Å². The maximum absolute atomic E-state index is 13.4. The number of fused-ring (bicyclic) bond motifs is 2. The van der Waals surface area contributed by atoms with Crippen molar-refractivity contribution in [1.29, 1.82) is 0 Å². The van der Waals surface area contributed by atoms with Crippen molar-refractivity contribution in [1.82, 2.24) is 9.55 Å². The molecule has 7 heteroatoms. The summed E-state index contributed by atoms with van der Waals surface area (Å²) in [7, 11) is 0. The largest absolute Gasteiger partial charge is 0.311 e. The number of hydrogen-bond donors (Lipinski definition) is 0. The van der Waals surface area contributed by atoms with Gasteiger partial charge in [-0.2, -0.15) is 0 Å². The van der Waals surface area contributed by atoms with Crippen LogP contribution in [0.15, 0.2) is 57.3 Å². The van der Waals surface area contributed by atoms with Crippen LogP contribution in [0.25, 0.3) is 5.69 Å². The maximum atomic E-state index is 13.4. The number of aryl methyl sites for hydroxylation is 4. The fourth-order valence-electron chi connectivity index (χ4n) is 4.49. The van der Waals surface area contributed by atoms with Crippen molar-refractivity contribution in [3.63, 3.8) is 0 Å². The smallest absolute Gasteiger partial charge is 0.272 e. The second-order valence-electron chi connectivity index (χ2n) is 8.32. The van der Waals surface area contributed by atoms with Crippen LogP contribution in [-0.4, -0.2) is 33.5 Å². The van der Waals surface area contributed by atoms with E-state index in [0.29, 0.717) is 5.16 Å². The van der Waals surface area contributed by atoms with Crippen LogP contribution < -0.4 is 10.5 Å². The predicted molar refractivity (Wildman–Crippen MR) is 132 cm³/mol. The van der Waals surface area contributed by atoms with Gasteiger partial charge in [-0.25, -0.2) is 4.98 Å². The van der Waals surface area contributed by atoms with E-state index < -0.39 is 0 Å². The van der Waals surface area contributed by atoms with Crippen LogP contribution in [0.4, 0.5) is 5.69 Å². The van der Waals surface area contributed by atoms with Crippen LogP contribution in [0.5, 0.6) is 0 Å². The molecule has 0 atom stereocenters. The fraction of sp³-hybridized carbons (Fsp3) is 0.320. The van der Waals surface area contributed by atoms with E-state index in [1.54, 1.807) is 16.3 Å². The molecule has 2 aromatic carbocycles. The van der Waals surface area contributed by atoms with E-state index in [2.05, 4.69) is 12.1 Å². The van der Waals surface area contributed by atoms with E-state index in [4.69, 9.17) is 4.98 Å². The van der Waals surface area contributed by atoms with E-state index in [9.17, 15) is 9.59 Å². The Kier molecular flexibility index (Phi) is 5.86. The zero-order chi connectivity index (χ0) is 22.2. The SMILES string of the molecule is Cc1cc(C)cc(-n2c(SCC(=O)N3CCCc4ccccc43)nc3c(c2=O)SCC3)c1. The van der Waals surface area contributed by atoms with Gasteiger partial charge in [-0.15, -0.1) is 11.8 Å². The summed E-state index contributed by atoms with van der Waals surface area (Å²) in [5.41, 5.74) is 6.06. The van der Waals surface area contributed by atoms with Gasteiger partial charge in [0.15, 0.2) is 5.16 Å². The lowest BCUT2D eigenvalue weighted by atomic mass is 10.0. The van der Waals surface area contributed by atoms with Crippen LogP contribution in [0.3, 0.4) is 0 Å². The monoisotopic (exact) mass is 463 g/mol. The molecular formula is C25H25N3O2S2. The number of carbonyl (C=O) groups is 1. The standard InChI is InChI=1S/C25H25N3O2S2/c1-16-12-17(2)14-19(13-16)28-24(30)23-20(9-11-31-23)26-25(28)32-15-22(29)27-10-5-7-18-6-3-4-8-21(18)27/h3-4,6,8,12-14H,5,7,9-11,15H2,1-2H3. The molecule has 2 aliphatic heterocycles. The van der Waals surface area contributed by atoms with Crippen molar-refractivity contribution >= 4 is 35.1 Å². The number of anilines is 1. The zero-order valence-electron chi connectivity index (χ0n) is 18.3. The number of carbonyl (C=O) groups excluding carboxylic acids is 1. The molecule has 5 nitrogen and oxygen atoms in total. The molecule has 0 unspecified atom stereocenters. The molecule has 0 spiro atoms. The van der Waals surface area contributed by atoms with E-state index in [0.717, 1.165) is 64.7 Å². The molecule has 5 rings (SSSR count). The summed E-state index contributed by atoms with van der Waals surface area (Å²) in [6, 6.07) is 14.2. The molecule has 2 aliphatic rings. The van der Waals surface area contributed by atoms with Gasteiger partial charge in [0.2, 0.25) is 5.91 Å². The minimum atomic E-state index is -0.0271. The molecule has 0 aliphatic carbocycles. The van der Waals surface area contributed by atoms with E-state index in [-0.39, 0.29) is 17.2 Å². The maximum Gasteiger partial charge on any atom is 0.272 e. The third-order valence-electron chi connectivity index (χ3n) is 5.87. The highest BCUT2D eigenvalue weighted by molar-refractivity contribution is 8.00. The normalized spacial score (nSPS) is 14.9. The third-order valence-corrected chi connectivity index (χ3v) is 7.90. The molecule has 0 saturated heterocycles. The Labute approximate surface area is 196 Å². The molecule has 0 N–H and O–H groups in total. The second-order valence-corrected chi connectivity index (χ2v) is 10.4.